The highest BCUT2D eigenvalue weighted by molar-refractivity contribution is 9.10. The van der Waals surface area contributed by atoms with Gasteiger partial charge in [-0.25, -0.2) is 17.2 Å². The van der Waals surface area contributed by atoms with Crippen molar-refractivity contribution in [1.29, 1.82) is 0 Å². The van der Waals surface area contributed by atoms with E-state index in [9.17, 15) is 17.2 Å². The Labute approximate surface area is 147 Å². The molecule has 0 aliphatic rings. The van der Waals surface area contributed by atoms with E-state index in [0.717, 1.165) is 16.6 Å². The van der Waals surface area contributed by atoms with Gasteiger partial charge in [-0.3, -0.25) is 0 Å². The average Bonchev–Trinajstić information content (AvgIpc) is 2.53. The van der Waals surface area contributed by atoms with E-state index in [4.69, 9.17) is 4.74 Å². The molecule has 0 aromatic heterocycles. The third-order valence-electron chi connectivity index (χ3n) is 2.77. The molecule has 24 heavy (non-hydrogen) atoms. The number of halogens is 3. The molecule has 0 aliphatic carbocycles. The Morgan fingerprint density at radius 1 is 1.12 bits per heavy atom. The Bertz CT molecular complexity index is 892. The Morgan fingerprint density at radius 3 is 2.67 bits per heavy atom. The van der Waals surface area contributed by atoms with Crippen LogP contribution >= 0.6 is 15.9 Å². The summed E-state index contributed by atoms with van der Waals surface area (Å²) in [5, 5.41) is 0. The van der Waals surface area contributed by atoms with E-state index in [-0.39, 0.29) is 13.2 Å². The molecule has 0 saturated carbocycles. The molecule has 0 aliphatic heterocycles. The van der Waals surface area contributed by atoms with Crippen molar-refractivity contribution >= 4 is 26.0 Å². The molecular weight excluding hydrogens is 404 g/mol. The summed E-state index contributed by atoms with van der Waals surface area (Å²) in [5.41, 5.74) is 0. The maximum Gasteiger partial charge on any atom is 0.244 e. The van der Waals surface area contributed by atoms with Crippen molar-refractivity contribution in [3.05, 3.63) is 58.6 Å². The van der Waals surface area contributed by atoms with Gasteiger partial charge in [-0.2, -0.15) is 4.72 Å². The van der Waals surface area contributed by atoms with E-state index >= 15 is 0 Å². The highest BCUT2D eigenvalue weighted by atomic mass is 79.9. The summed E-state index contributed by atoms with van der Waals surface area (Å²) in [7, 11) is -4.17. The molecule has 0 saturated heterocycles. The number of ether oxygens (including phenoxy) is 1. The van der Waals surface area contributed by atoms with Crippen LogP contribution < -0.4 is 9.46 Å². The molecule has 0 unspecified atom stereocenters. The van der Waals surface area contributed by atoms with Crippen LogP contribution in [-0.2, 0) is 10.0 Å². The Balaban J connectivity index is 1.89. The fourth-order valence-electron chi connectivity index (χ4n) is 1.68. The lowest BCUT2D eigenvalue weighted by molar-refractivity contribution is 0.370. The molecule has 1 N–H and O–H groups in total. The summed E-state index contributed by atoms with van der Waals surface area (Å²) in [6.45, 7) is -0.188. The van der Waals surface area contributed by atoms with Crippen LogP contribution in [0.1, 0.15) is 0 Å². The van der Waals surface area contributed by atoms with Crippen molar-refractivity contribution in [2.75, 3.05) is 13.2 Å². The molecule has 0 spiro atoms. The highest BCUT2D eigenvalue weighted by Gasteiger charge is 2.18. The zero-order chi connectivity index (χ0) is 17.6. The lowest BCUT2D eigenvalue weighted by atomic mass is 10.3. The van der Waals surface area contributed by atoms with Gasteiger partial charge in [0.1, 0.15) is 28.9 Å². The van der Waals surface area contributed by atoms with Gasteiger partial charge in [0.2, 0.25) is 10.0 Å². The monoisotopic (exact) mass is 415 g/mol. The molecule has 0 radical (unpaired) electrons. The fraction of sp³-hybridized carbons (Fsp3) is 0.125. The van der Waals surface area contributed by atoms with Crippen molar-refractivity contribution in [3.63, 3.8) is 0 Å². The van der Waals surface area contributed by atoms with E-state index in [2.05, 4.69) is 32.5 Å². The van der Waals surface area contributed by atoms with Crippen LogP contribution in [0.5, 0.6) is 5.75 Å². The highest BCUT2D eigenvalue weighted by Crippen LogP contribution is 2.17. The largest absolute Gasteiger partial charge is 0.481 e. The molecule has 2 aromatic rings. The van der Waals surface area contributed by atoms with Crippen molar-refractivity contribution < 1.29 is 21.9 Å². The third-order valence-corrected chi connectivity index (χ3v) is 4.67. The van der Waals surface area contributed by atoms with Crippen molar-refractivity contribution in [1.82, 2.24) is 4.72 Å². The summed E-state index contributed by atoms with van der Waals surface area (Å²) in [4.78, 5) is -0.755. The topological polar surface area (TPSA) is 55.4 Å². The maximum atomic E-state index is 13.5. The zero-order valence-corrected chi connectivity index (χ0v) is 14.6. The molecule has 0 bridgehead atoms. The quantitative estimate of drug-likeness (QED) is 0.763. The average molecular weight is 416 g/mol. The van der Waals surface area contributed by atoms with E-state index < -0.39 is 26.6 Å². The van der Waals surface area contributed by atoms with Gasteiger partial charge in [0.25, 0.3) is 0 Å². The first kappa shape index (κ1) is 18.4. The number of benzene rings is 2. The maximum absolute atomic E-state index is 13.5. The summed E-state index contributed by atoms with van der Waals surface area (Å²) >= 11 is 3.30. The summed E-state index contributed by atoms with van der Waals surface area (Å²) < 4.78 is 58.6. The van der Waals surface area contributed by atoms with Gasteiger partial charge in [0.05, 0.1) is 6.54 Å². The third kappa shape index (κ3) is 5.30. The van der Waals surface area contributed by atoms with Gasteiger partial charge in [0, 0.05) is 4.47 Å². The number of nitrogens with one attached hydrogen (secondary N) is 1. The second kappa shape index (κ2) is 8.24. The molecule has 4 nitrogen and oxygen atoms in total. The fourth-order valence-corrected chi connectivity index (χ4v) is 3.07. The van der Waals surface area contributed by atoms with E-state index in [1.807, 2.05) is 6.07 Å². The Kier molecular flexibility index (Phi) is 6.31. The van der Waals surface area contributed by atoms with Crippen LogP contribution in [0.3, 0.4) is 0 Å². The minimum atomic E-state index is -4.17. The zero-order valence-electron chi connectivity index (χ0n) is 12.2. The molecular formula is C16H12BrF2NO3S. The van der Waals surface area contributed by atoms with E-state index in [0.29, 0.717) is 11.8 Å². The van der Waals surface area contributed by atoms with E-state index in [1.165, 1.54) is 0 Å². The molecule has 126 valence electrons. The predicted octanol–water partition coefficient (Wildman–Crippen LogP) is 3.09. The van der Waals surface area contributed by atoms with Gasteiger partial charge < -0.3 is 4.74 Å². The van der Waals surface area contributed by atoms with E-state index in [1.54, 1.807) is 18.2 Å². The number of sulfonamides is 1. The number of rotatable bonds is 5. The predicted molar refractivity (Wildman–Crippen MR) is 89.0 cm³/mol. The number of hydrogen-bond donors (Lipinski definition) is 1. The summed E-state index contributed by atoms with van der Waals surface area (Å²) in [5.74, 6) is 3.90. The Hall–Kier alpha value is -1.95. The second-order valence-electron chi connectivity index (χ2n) is 4.50. The first-order valence-corrected chi connectivity index (χ1v) is 8.95. The molecule has 0 heterocycles. The minimum Gasteiger partial charge on any atom is -0.481 e. The van der Waals surface area contributed by atoms with Crippen LogP contribution in [0.2, 0.25) is 0 Å². The van der Waals surface area contributed by atoms with Crippen LogP contribution in [0.15, 0.2) is 51.8 Å². The first-order valence-electron chi connectivity index (χ1n) is 6.67. The molecule has 0 fully saturated rings. The standard InChI is InChI=1S/C16H12BrF2NO3S/c17-12-4-3-5-14(10-12)23-9-2-1-8-20-24(21,22)16-11-13(18)6-7-15(16)19/h3-7,10-11,20H,8-9H2. The van der Waals surface area contributed by atoms with Crippen LogP contribution in [0, 0.1) is 23.5 Å². The minimum absolute atomic E-state index is 0.0620. The van der Waals surface area contributed by atoms with Crippen LogP contribution in [0.25, 0.3) is 0 Å². The van der Waals surface area contributed by atoms with Crippen molar-refractivity contribution in [2.24, 2.45) is 0 Å². The second-order valence-corrected chi connectivity index (χ2v) is 7.15. The van der Waals surface area contributed by atoms with Crippen molar-refractivity contribution in [3.8, 4) is 17.6 Å². The molecule has 2 rings (SSSR count). The number of hydrogen-bond acceptors (Lipinski definition) is 3. The molecule has 0 amide bonds. The smallest absolute Gasteiger partial charge is 0.244 e. The Morgan fingerprint density at radius 2 is 1.92 bits per heavy atom. The lowest BCUT2D eigenvalue weighted by Gasteiger charge is -2.05. The lowest BCUT2D eigenvalue weighted by Crippen LogP contribution is -2.25. The van der Waals surface area contributed by atoms with Gasteiger partial charge in [-0.1, -0.05) is 33.8 Å². The van der Waals surface area contributed by atoms with Crippen molar-refractivity contribution in [2.45, 2.75) is 4.90 Å². The van der Waals surface area contributed by atoms with Gasteiger partial charge >= 0.3 is 0 Å². The summed E-state index contributed by atoms with van der Waals surface area (Å²) in [6, 6.07) is 9.36. The normalized spacial score (nSPS) is 10.8. The van der Waals surface area contributed by atoms with Gasteiger partial charge in [0.15, 0.2) is 0 Å². The molecule has 8 heteroatoms. The SMILES string of the molecule is O=S(=O)(NCC#CCOc1cccc(Br)c1)c1cc(F)ccc1F. The van der Waals surface area contributed by atoms with Crippen LogP contribution in [0.4, 0.5) is 8.78 Å². The summed E-state index contributed by atoms with van der Waals surface area (Å²) in [6.07, 6.45) is 0. The molecule has 2 aromatic carbocycles. The van der Waals surface area contributed by atoms with Gasteiger partial charge in [-0.15, -0.1) is 0 Å². The molecule has 0 atom stereocenters. The first-order chi connectivity index (χ1) is 11.4. The van der Waals surface area contributed by atoms with Gasteiger partial charge in [-0.05, 0) is 36.4 Å². The van der Waals surface area contributed by atoms with Crippen LogP contribution in [-0.4, -0.2) is 21.6 Å².